The van der Waals surface area contributed by atoms with Gasteiger partial charge in [0.15, 0.2) is 0 Å². The first kappa shape index (κ1) is 21.0. The van der Waals surface area contributed by atoms with E-state index < -0.39 is 15.5 Å². The fraction of sp³-hybridized carbons (Fsp3) is 0.263. The smallest absolute Gasteiger partial charge is 0.378 e. The molecule has 0 N–H and O–H groups in total. The summed E-state index contributed by atoms with van der Waals surface area (Å²) in [6, 6.07) is 15.6. The molecule has 0 saturated heterocycles. The molecule has 0 unspecified atom stereocenters. The SMILES string of the molecule is CN(C)c1ccc(CN(C/C=C/c2ccccc2)S(=O)(=O)C(F)(F)F)cc1. The minimum Gasteiger partial charge on any atom is -0.378 e. The number of alkyl halides is 3. The Bertz CT molecular complexity index is 862. The number of rotatable bonds is 7. The van der Waals surface area contributed by atoms with Gasteiger partial charge in [0.25, 0.3) is 0 Å². The third kappa shape index (κ3) is 5.58. The Balaban J connectivity index is 2.23. The molecule has 0 radical (unpaired) electrons. The van der Waals surface area contributed by atoms with E-state index in [4.69, 9.17) is 0 Å². The summed E-state index contributed by atoms with van der Waals surface area (Å²) in [6.45, 7) is -0.749. The number of hydrogen-bond acceptors (Lipinski definition) is 3. The van der Waals surface area contributed by atoms with Crippen LogP contribution in [0.3, 0.4) is 0 Å². The van der Waals surface area contributed by atoms with Gasteiger partial charge < -0.3 is 4.90 Å². The van der Waals surface area contributed by atoms with Crippen LogP contribution in [0.5, 0.6) is 0 Å². The lowest BCUT2D eigenvalue weighted by molar-refractivity contribution is -0.0488. The van der Waals surface area contributed by atoms with Crippen LogP contribution in [0, 0.1) is 0 Å². The van der Waals surface area contributed by atoms with Crippen molar-refractivity contribution in [2.24, 2.45) is 0 Å². The largest absolute Gasteiger partial charge is 0.511 e. The van der Waals surface area contributed by atoms with Crippen molar-refractivity contribution in [1.29, 1.82) is 0 Å². The van der Waals surface area contributed by atoms with Gasteiger partial charge in [-0.25, -0.2) is 8.42 Å². The molecule has 0 aromatic heterocycles. The zero-order valence-corrected chi connectivity index (χ0v) is 15.8. The molecule has 0 fully saturated rings. The number of sulfonamides is 1. The highest BCUT2D eigenvalue weighted by Gasteiger charge is 2.49. The fourth-order valence-corrected chi connectivity index (χ4v) is 3.26. The molecule has 0 aliphatic rings. The second kappa shape index (κ2) is 8.58. The second-order valence-corrected chi connectivity index (χ2v) is 8.05. The molecule has 2 aromatic rings. The van der Waals surface area contributed by atoms with Crippen molar-refractivity contribution in [3.05, 3.63) is 71.8 Å². The lowest BCUT2D eigenvalue weighted by Crippen LogP contribution is -2.40. The summed E-state index contributed by atoms with van der Waals surface area (Å²) in [5.41, 5.74) is -3.23. The lowest BCUT2D eigenvalue weighted by Gasteiger charge is -2.22. The molecule has 0 bridgehead atoms. The normalized spacial score (nSPS) is 12.7. The van der Waals surface area contributed by atoms with E-state index in [1.54, 1.807) is 54.6 Å². The van der Waals surface area contributed by atoms with Crippen molar-refractivity contribution >= 4 is 21.8 Å². The number of nitrogens with zero attached hydrogens (tertiary/aromatic N) is 2. The van der Waals surface area contributed by atoms with Crippen LogP contribution in [0.25, 0.3) is 6.08 Å². The Morgan fingerprint density at radius 3 is 2.07 bits per heavy atom. The van der Waals surface area contributed by atoms with E-state index in [-0.39, 0.29) is 13.1 Å². The van der Waals surface area contributed by atoms with E-state index in [9.17, 15) is 21.6 Å². The summed E-state index contributed by atoms with van der Waals surface area (Å²) in [5.74, 6) is 0. The minimum atomic E-state index is -5.45. The highest BCUT2D eigenvalue weighted by atomic mass is 32.2. The van der Waals surface area contributed by atoms with E-state index in [1.165, 1.54) is 6.08 Å². The maximum atomic E-state index is 13.0. The molecule has 0 amide bonds. The van der Waals surface area contributed by atoms with E-state index >= 15 is 0 Å². The van der Waals surface area contributed by atoms with E-state index in [0.29, 0.717) is 9.87 Å². The molecule has 0 heterocycles. The molecule has 2 rings (SSSR count). The van der Waals surface area contributed by atoms with Gasteiger partial charge in [-0.3, -0.25) is 0 Å². The molecule has 0 aliphatic heterocycles. The molecule has 146 valence electrons. The van der Waals surface area contributed by atoms with Gasteiger partial charge in [-0.05, 0) is 23.3 Å². The van der Waals surface area contributed by atoms with Gasteiger partial charge in [0.05, 0.1) is 0 Å². The maximum Gasteiger partial charge on any atom is 0.511 e. The van der Waals surface area contributed by atoms with Gasteiger partial charge in [-0.2, -0.15) is 17.5 Å². The molecule has 0 spiro atoms. The Kier molecular flexibility index (Phi) is 6.67. The van der Waals surface area contributed by atoms with Crippen LogP contribution in [0.1, 0.15) is 11.1 Å². The van der Waals surface area contributed by atoms with Crippen LogP contribution in [0.4, 0.5) is 18.9 Å². The van der Waals surface area contributed by atoms with Crippen LogP contribution in [-0.2, 0) is 16.6 Å². The third-order valence-electron chi connectivity index (χ3n) is 3.86. The Labute approximate surface area is 157 Å². The van der Waals surface area contributed by atoms with E-state index in [1.807, 2.05) is 25.1 Å². The van der Waals surface area contributed by atoms with Gasteiger partial charge in [0, 0.05) is 32.9 Å². The van der Waals surface area contributed by atoms with Gasteiger partial charge >= 0.3 is 15.5 Å². The Hall–Kier alpha value is -2.32. The van der Waals surface area contributed by atoms with E-state index in [0.717, 1.165) is 11.3 Å². The van der Waals surface area contributed by atoms with Crippen molar-refractivity contribution in [3.8, 4) is 0 Å². The summed E-state index contributed by atoms with van der Waals surface area (Å²) >= 11 is 0. The predicted octanol–water partition coefficient (Wildman–Crippen LogP) is 4.12. The molecule has 27 heavy (non-hydrogen) atoms. The van der Waals surface area contributed by atoms with Crippen molar-refractivity contribution in [3.63, 3.8) is 0 Å². The highest BCUT2D eigenvalue weighted by Crippen LogP contribution is 2.28. The van der Waals surface area contributed by atoms with Gasteiger partial charge in [0.1, 0.15) is 0 Å². The van der Waals surface area contributed by atoms with Gasteiger partial charge in [-0.15, -0.1) is 0 Å². The highest BCUT2D eigenvalue weighted by molar-refractivity contribution is 7.89. The molecule has 0 aliphatic carbocycles. The monoisotopic (exact) mass is 398 g/mol. The zero-order valence-electron chi connectivity index (χ0n) is 15.0. The van der Waals surface area contributed by atoms with Crippen LogP contribution < -0.4 is 4.90 Å². The number of benzene rings is 2. The van der Waals surface area contributed by atoms with Gasteiger partial charge in [0.2, 0.25) is 0 Å². The van der Waals surface area contributed by atoms with Crippen LogP contribution in [0.15, 0.2) is 60.7 Å². The van der Waals surface area contributed by atoms with Crippen molar-refractivity contribution in [2.45, 2.75) is 12.1 Å². The first-order chi connectivity index (χ1) is 12.6. The molecular formula is C19H21F3N2O2S. The Morgan fingerprint density at radius 2 is 1.56 bits per heavy atom. The van der Waals surface area contributed by atoms with Crippen molar-refractivity contribution < 1.29 is 21.6 Å². The summed E-state index contributed by atoms with van der Waals surface area (Å²) < 4.78 is 63.4. The van der Waals surface area contributed by atoms with Crippen LogP contribution in [0.2, 0.25) is 0 Å². The number of halogens is 3. The van der Waals surface area contributed by atoms with Crippen LogP contribution >= 0.6 is 0 Å². The number of hydrogen-bond donors (Lipinski definition) is 0. The average molecular weight is 398 g/mol. The quantitative estimate of drug-likeness (QED) is 0.705. The molecule has 0 saturated carbocycles. The van der Waals surface area contributed by atoms with Crippen LogP contribution in [-0.4, -0.2) is 38.9 Å². The molecule has 4 nitrogen and oxygen atoms in total. The third-order valence-corrected chi connectivity index (χ3v) is 5.41. The topological polar surface area (TPSA) is 40.6 Å². The second-order valence-electron chi connectivity index (χ2n) is 6.12. The molecule has 2 aromatic carbocycles. The summed E-state index contributed by atoms with van der Waals surface area (Å²) in [7, 11) is -1.77. The Morgan fingerprint density at radius 1 is 0.963 bits per heavy atom. The predicted molar refractivity (Wildman–Crippen MR) is 102 cm³/mol. The van der Waals surface area contributed by atoms with Crippen molar-refractivity contribution in [1.82, 2.24) is 4.31 Å². The first-order valence-corrected chi connectivity index (χ1v) is 9.59. The van der Waals surface area contributed by atoms with Crippen molar-refractivity contribution in [2.75, 3.05) is 25.5 Å². The maximum absolute atomic E-state index is 13.0. The average Bonchev–Trinajstić information content (AvgIpc) is 2.61. The standard InChI is InChI=1S/C19H21F3N2O2S/c1-23(2)18-12-10-17(11-13-18)15-24(27(25,26)19(20,21)22)14-6-9-16-7-4-3-5-8-16/h3-13H,14-15H2,1-2H3/b9-6+. The number of anilines is 1. The molecule has 8 heteroatoms. The van der Waals surface area contributed by atoms with Gasteiger partial charge in [-0.1, -0.05) is 54.6 Å². The lowest BCUT2D eigenvalue weighted by atomic mass is 10.2. The summed E-state index contributed by atoms with van der Waals surface area (Å²) in [4.78, 5) is 1.84. The molecular weight excluding hydrogens is 377 g/mol. The summed E-state index contributed by atoms with van der Waals surface area (Å²) in [6.07, 6.45) is 3.00. The first-order valence-electron chi connectivity index (χ1n) is 8.15. The minimum absolute atomic E-state index is 0.366. The summed E-state index contributed by atoms with van der Waals surface area (Å²) in [5, 5.41) is 0. The van der Waals surface area contributed by atoms with E-state index in [2.05, 4.69) is 0 Å². The fourth-order valence-electron chi connectivity index (χ4n) is 2.37. The molecule has 0 atom stereocenters. The zero-order chi connectivity index (χ0) is 20.1.